The SMILES string of the molecule is O=S(c1ccccc1)c1ccncc1C(O)(c1ccccc1)c1ccccc1. The summed E-state index contributed by atoms with van der Waals surface area (Å²) in [6.07, 6.45) is 3.21. The van der Waals surface area contributed by atoms with E-state index in [4.69, 9.17) is 0 Å². The van der Waals surface area contributed by atoms with Crippen LogP contribution in [0.2, 0.25) is 0 Å². The van der Waals surface area contributed by atoms with Gasteiger partial charge in [-0.2, -0.15) is 0 Å². The van der Waals surface area contributed by atoms with Crippen LogP contribution >= 0.6 is 0 Å². The zero-order valence-corrected chi connectivity index (χ0v) is 15.9. The fourth-order valence-electron chi connectivity index (χ4n) is 3.32. The van der Waals surface area contributed by atoms with Gasteiger partial charge in [0.2, 0.25) is 0 Å². The van der Waals surface area contributed by atoms with Gasteiger partial charge in [0.25, 0.3) is 0 Å². The molecule has 0 saturated carbocycles. The van der Waals surface area contributed by atoms with Crippen molar-refractivity contribution >= 4 is 10.8 Å². The minimum Gasteiger partial charge on any atom is -0.376 e. The molecular formula is C24H19NO2S. The van der Waals surface area contributed by atoms with Gasteiger partial charge >= 0.3 is 0 Å². The van der Waals surface area contributed by atoms with Crippen molar-refractivity contribution in [1.29, 1.82) is 0 Å². The molecular weight excluding hydrogens is 366 g/mol. The first kappa shape index (κ1) is 18.3. The van der Waals surface area contributed by atoms with E-state index in [0.29, 0.717) is 26.5 Å². The molecule has 138 valence electrons. The normalized spacial score (nSPS) is 12.5. The molecule has 1 heterocycles. The second-order valence-electron chi connectivity index (χ2n) is 6.40. The van der Waals surface area contributed by atoms with Crippen LogP contribution in [0.3, 0.4) is 0 Å². The topological polar surface area (TPSA) is 50.2 Å². The molecule has 4 aromatic rings. The van der Waals surface area contributed by atoms with Crippen LogP contribution in [0.1, 0.15) is 16.7 Å². The fourth-order valence-corrected chi connectivity index (χ4v) is 4.57. The molecule has 1 aromatic heterocycles. The number of pyridine rings is 1. The lowest BCUT2D eigenvalue weighted by Gasteiger charge is -2.31. The highest BCUT2D eigenvalue weighted by Crippen LogP contribution is 2.39. The number of rotatable bonds is 5. The molecule has 0 fully saturated rings. The van der Waals surface area contributed by atoms with Crippen LogP contribution in [0, 0.1) is 0 Å². The molecule has 1 N–H and O–H groups in total. The number of nitrogens with zero attached hydrogens (tertiary/aromatic N) is 1. The van der Waals surface area contributed by atoms with Gasteiger partial charge < -0.3 is 5.11 Å². The average molecular weight is 385 g/mol. The highest BCUT2D eigenvalue weighted by Gasteiger charge is 2.37. The van der Waals surface area contributed by atoms with Crippen molar-refractivity contribution in [3.63, 3.8) is 0 Å². The van der Waals surface area contributed by atoms with Gasteiger partial charge in [0.15, 0.2) is 0 Å². The third-order valence-electron chi connectivity index (χ3n) is 4.71. The molecule has 4 heteroatoms. The van der Waals surface area contributed by atoms with Gasteiger partial charge in [0.05, 0.1) is 15.7 Å². The molecule has 3 nitrogen and oxygen atoms in total. The molecule has 0 saturated heterocycles. The fraction of sp³-hybridized carbons (Fsp3) is 0.0417. The van der Waals surface area contributed by atoms with Crippen molar-refractivity contribution in [2.24, 2.45) is 0 Å². The van der Waals surface area contributed by atoms with E-state index in [-0.39, 0.29) is 0 Å². The van der Waals surface area contributed by atoms with Crippen molar-refractivity contribution in [2.75, 3.05) is 0 Å². The van der Waals surface area contributed by atoms with Gasteiger partial charge in [-0.1, -0.05) is 78.9 Å². The van der Waals surface area contributed by atoms with E-state index in [1.54, 1.807) is 18.5 Å². The molecule has 1 unspecified atom stereocenters. The van der Waals surface area contributed by atoms with E-state index < -0.39 is 16.4 Å². The Morgan fingerprint density at radius 2 is 1.21 bits per heavy atom. The second kappa shape index (κ2) is 7.89. The van der Waals surface area contributed by atoms with Crippen molar-refractivity contribution in [2.45, 2.75) is 15.4 Å². The third-order valence-corrected chi connectivity index (χ3v) is 6.17. The quantitative estimate of drug-likeness (QED) is 0.549. The third kappa shape index (κ3) is 3.28. The molecule has 28 heavy (non-hydrogen) atoms. The zero-order valence-electron chi connectivity index (χ0n) is 15.1. The van der Waals surface area contributed by atoms with Gasteiger partial charge in [-0.3, -0.25) is 4.98 Å². The van der Waals surface area contributed by atoms with Crippen LogP contribution in [-0.4, -0.2) is 14.3 Å². The zero-order chi connectivity index (χ0) is 19.4. The Morgan fingerprint density at radius 3 is 1.75 bits per heavy atom. The Morgan fingerprint density at radius 1 is 0.714 bits per heavy atom. The summed E-state index contributed by atoms with van der Waals surface area (Å²) in [5, 5.41) is 12.0. The van der Waals surface area contributed by atoms with Crippen LogP contribution in [0.25, 0.3) is 0 Å². The smallest absolute Gasteiger partial charge is 0.143 e. The molecule has 0 aliphatic rings. The molecule has 1 atom stereocenters. The van der Waals surface area contributed by atoms with Crippen LogP contribution in [0.15, 0.2) is 119 Å². The maximum atomic E-state index is 13.3. The highest BCUT2D eigenvalue weighted by molar-refractivity contribution is 7.85. The molecule has 0 spiro atoms. The first-order valence-electron chi connectivity index (χ1n) is 8.96. The first-order valence-corrected chi connectivity index (χ1v) is 10.1. The predicted molar refractivity (Wildman–Crippen MR) is 110 cm³/mol. The van der Waals surface area contributed by atoms with Crippen LogP contribution in [0.5, 0.6) is 0 Å². The van der Waals surface area contributed by atoms with E-state index in [9.17, 15) is 9.32 Å². The van der Waals surface area contributed by atoms with E-state index in [1.807, 2.05) is 91.0 Å². The minimum atomic E-state index is -1.48. The molecule has 0 aliphatic heterocycles. The summed E-state index contributed by atoms with van der Waals surface area (Å²) in [5.41, 5.74) is 0.423. The maximum absolute atomic E-state index is 13.3. The molecule has 4 rings (SSSR count). The molecule has 0 bridgehead atoms. The standard InChI is InChI=1S/C24H19NO2S/c26-24(19-10-4-1-5-11-19,20-12-6-2-7-13-20)22-18-25-17-16-23(22)28(27)21-14-8-3-9-15-21/h1-18,26H. The Bertz CT molecular complexity index is 1040. The van der Waals surface area contributed by atoms with Crippen molar-refractivity contribution in [3.05, 3.63) is 126 Å². The summed E-state index contributed by atoms with van der Waals surface area (Å²) >= 11 is 0. The van der Waals surface area contributed by atoms with Gasteiger partial charge in [0.1, 0.15) is 5.60 Å². The minimum absolute atomic E-state index is 0.509. The average Bonchev–Trinajstić information content (AvgIpc) is 2.80. The summed E-state index contributed by atoms with van der Waals surface area (Å²) < 4.78 is 13.3. The molecule has 3 aromatic carbocycles. The number of aromatic nitrogens is 1. The Hall–Kier alpha value is -3.08. The Labute approximate surface area is 166 Å². The van der Waals surface area contributed by atoms with Gasteiger partial charge in [-0.15, -0.1) is 0 Å². The molecule has 0 radical (unpaired) electrons. The van der Waals surface area contributed by atoms with Crippen molar-refractivity contribution in [1.82, 2.24) is 4.98 Å². The lowest BCUT2D eigenvalue weighted by Crippen LogP contribution is -2.30. The number of aliphatic hydroxyl groups is 1. The lowest BCUT2D eigenvalue weighted by atomic mass is 9.81. The number of hydrogen-bond donors (Lipinski definition) is 1. The van der Waals surface area contributed by atoms with Gasteiger partial charge in [0, 0.05) is 22.9 Å². The number of benzene rings is 3. The lowest BCUT2D eigenvalue weighted by molar-refractivity contribution is 0.122. The summed E-state index contributed by atoms with van der Waals surface area (Å²) in [5.74, 6) is 0. The highest BCUT2D eigenvalue weighted by atomic mass is 32.2. The van der Waals surface area contributed by atoms with Crippen molar-refractivity contribution < 1.29 is 9.32 Å². The monoisotopic (exact) mass is 385 g/mol. The van der Waals surface area contributed by atoms with Crippen LogP contribution in [0.4, 0.5) is 0 Å². The molecule has 0 amide bonds. The van der Waals surface area contributed by atoms with Crippen molar-refractivity contribution in [3.8, 4) is 0 Å². The largest absolute Gasteiger partial charge is 0.376 e. The summed E-state index contributed by atoms with van der Waals surface area (Å²) in [7, 11) is -1.45. The van der Waals surface area contributed by atoms with Crippen LogP contribution < -0.4 is 0 Å². The second-order valence-corrected chi connectivity index (χ2v) is 7.84. The predicted octanol–water partition coefficient (Wildman–Crippen LogP) is 4.53. The van der Waals surface area contributed by atoms with Gasteiger partial charge in [-0.05, 0) is 29.3 Å². The Kier molecular flexibility index (Phi) is 5.15. The molecule has 0 aliphatic carbocycles. The van der Waals surface area contributed by atoms with E-state index >= 15 is 0 Å². The summed E-state index contributed by atoms with van der Waals surface area (Å²) in [6, 6.07) is 29.8. The number of hydrogen-bond acceptors (Lipinski definition) is 3. The van der Waals surface area contributed by atoms with Crippen LogP contribution in [-0.2, 0) is 16.4 Å². The van der Waals surface area contributed by atoms with Gasteiger partial charge in [-0.25, -0.2) is 4.21 Å². The van der Waals surface area contributed by atoms with E-state index in [2.05, 4.69) is 4.98 Å². The first-order chi connectivity index (χ1) is 13.7. The van der Waals surface area contributed by atoms with E-state index in [1.165, 1.54) is 0 Å². The maximum Gasteiger partial charge on any atom is 0.143 e. The Balaban J connectivity index is 1.96. The summed E-state index contributed by atoms with van der Waals surface area (Å²) in [6.45, 7) is 0. The summed E-state index contributed by atoms with van der Waals surface area (Å²) in [4.78, 5) is 5.46. The van der Waals surface area contributed by atoms with E-state index in [0.717, 1.165) is 0 Å².